The molecule has 122 valence electrons. The highest BCUT2D eigenvalue weighted by atomic mass is 35.5. The minimum Gasteiger partial charge on any atom is -0.322 e. The summed E-state index contributed by atoms with van der Waals surface area (Å²) in [5.41, 5.74) is 5.23. The number of hydrogen-bond acceptors (Lipinski definition) is 2. The van der Waals surface area contributed by atoms with Crippen LogP contribution in [0.25, 0.3) is 5.69 Å². The van der Waals surface area contributed by atoms with E-state index in [1.54, 1.807) is 24.3 Å². The van der Waals surface area contributed by atoms with E-state index in [0.29, 0.717) is 10.6 Å². The summed E-state index contributed by atoms with van der Waals surface area (Å²) in [7, 11) is 0. The highest BCUT2D eigenvalue weighted by Crippen LogP contribution is 2.20. The molecule has 0 saturated heterocycles. The molecular weight excluding hydrogens is 322 g/mol. The molecule has 2 aromatic carbocycles. The van der Waals surface area contributed by atoms with Crippen molar-refractivity contribution in [1.29, 1.82) is 0 Å². The number of rotatable bonds is 3. The van der Waals surface area contributed by atoms with Crippen LogP contribution in [-0.4, -0.2) is 15.7 Å². The Labute approximate surface area is 146 Å². The largest absolute Gasteiger partial charge is 0.322 e. The molecule has 3 rings (SSSR count). The maximum Gasteiger partial charge on any atom is 0.255 e. The fourth-order valence-corrected chi connectivity index (χ4v) is 2.83. The first kappa shape index (κ1) is 16.3. The van der Waals surface area contributed by atoms with Crippen molar-refractivity contribution < 1.29 is 4.79 Å². The van der Waals surface area contributed by atoms with E-state index in [-0.39, 0.29) is 5.91 Å². The Morgan fingerprint density at radius 3 is 2.33 bits per heavy atom. The van der Waals surface area contributed by atoms with E-state index in [2.05, 4.69) is 10.4 Å². The van der Waals surface area contributed by atoms with E-state index >= 15 is 0 Å². The minimum atomic E-state index is -0.152. The summed E-state index contributed by atoms with van der Waals surface area (Å²) < 4.78 is 1.86. The molecule has 24 heavy (non-hydrogen) atoms. The zero-order valence-electron chi connectivity index (χ0n) is 13.8. The summed E-state index contributed by atoms with van der Waals surface area (Å²) >= 11 is 5.94. The van der Waals surface area contributed by atoms with Crippen molar-refractivity contribution in [2.45, 2.75) is 20.8 Å². The summed E-state index contributed by atoms with van der Waals surface area (Å²) in [6.07, 6.45) is 0. The Morgan fingerprint density at radius 2 is 1.75 bits per heavy atom. The number of aromatic nitrogens is 2. The number of halogens is 1. The molecule has 4 nitrogen and oxygen atoms in total. The molecule has 0 aliphatic rings. The average molecular weight is 340 g/mol. The van der Waals surface area contributed by atoms with Gasteiger partial charge in [-0.1, -0.05) is 11.6 Å². The SMILES string of the molecule is Cc1cc(C)n(-c2ccc(C(=O)Nc3ccc(Cl)cc3C)cc2)n1. The molecule has 3 aromatic rings. The maximum atomic E-state index is 12.4. The lowest BCUT2D eigenvalue weighted by Crippen LogP contribution is -2.13. The molecule has 0 radical (unpaired) electrons. The predicted molar refractivity (Wildman–Crippen MR) is 97.2 cm³/mol. The second-order valence-corrected chi connectivity index (χ2v) is 6.24. The molecule has 5 heteroatoms. The van der Waals surface area contributed by atoms with Crippen LogP contribution in [0.3, 0.4) is 0 Å². The Hall–Kier alpha value is -2.59. The number of carbonyl (C=O) groups excluding carboxylic acids is 1. The summed E-state index contributed by atoms with van der Waals surface area (Å²) in [6.45, 7) is 5.87. The Kier molecular flexibility index (Phi) is 4.40. The molecule has 0 unspecified atom stereocenters. The van der Waals surface area contributed by atoms with E-state index in [4.69, 9.17) is 11.6 Å². The second kappa shape index (κ2) is 6.49. The first-order valence-electron chi connectivity index (χ1n) is 7.65. The number of amides is 1. The van der Waals surface area contributed by atoms with Crippen molar-refractivity contribution in [2.24, 2.45) is 0 Å². The minimum absolute atomic E-state index is 0.152. The quantitative estimate of drug-likeness (QED) is 0.751. The third-order valence-corrected chi connectivity index (χ3v) is 4.06. The molecule has 0 atom stereocenters. The third kappa shape index (κ3) is 3.34. The Balaban J connectivity index is 1.80. The first-order chi connectivity index (χ1) is 11.4. The van der Waals surface area contributed by atoms with Crippen molar-refractivity contribution in [3.05, 3.63) is 76.1 Å². The number of nitrogens with zero attached hydrogens (tertiary/aromatic N) is 2. The standard InChI is InChI=1S/C19H18ClN3O/c1-12-10-16(20)6-9-18(12)21-19(24)15-4-7-17(8-5-15)23-14(3)11-13(2)22-23/h4-11H,1-3H3,(H,21,24). The lowest BCUT2D eigenvalue weighted by atomic mass is 10.1. The van der Waals surface area contributed by atoms with E-state index < -0.39 is 0 Å². The molecule has 1 aromatic heterocycles. The van der Waals surface area contributed by atoms with E-state index in [1.807, 2.05) is 49.7 Å². The van der Waals surface area contributed by atoms with Crippen LogP contribution in [0, 0.1) is 20.8 Å². The summed E-state index contributed by atoms with van der Waals surface area (Å²) in [5, 5.41) is 8.01. The molecule has 0 fully saturated rings. The van der Waals surface area contributed by atoms with Gasteiger partial charge in [0.25, 0.3) is 5.91 Å². The molecule has 0 aliphatic heterocycles. The summed E-state index contributed by atoms with van der Waals surface area (Å²) in [6, 6.07) is 14.8. The molecule has 0 aliphatic carbocycles. The van der Waals surface area contributed by atoms with Crippen LogP contribution < -0.4 is 5.32 Å². The smallest absolute Gasteiger partial charge is 0.255 e. The van der Waals surface area contributed by atoms with Crippen LogP contribution in [0.5, 0.6) is 0 Å². The third-order valence-electron chi connectivity index (χ3n) is 3.82. The lowest BCUT2D eigenvalue weighted by Gasteiger charge is -2.10. The van der Waals surface area contributed by atoms with Gasteiger partial charge in [-0.2, -0.15) is 5.10 Å². The highest BCUT2D eigenvalue weighted by Gasteiger charge is 2.09. The van der Waals surface area contributed by atoms with Gasteiger partial charge in [-0.05, 0) is 74.9 Å². The van der Waals surface area contributed by atoms with Gasteiger partial charge in [0.2, 0.25) is 0 Å². The molecule has 0 spiro atoms. The molecule has 1 heterocycles. The maximum absolute atomic E-state index is 12.4. The van der Waals surface area contributed by atoms with E-state index in [0.717, 1.165) is 28.3 Å². The fourth-order valence-electron chi connectivity index (χ4n) is 2.61. The van der Waals surface area contributed by atoms with Crippen LogP contribution in [0.4, 0.5) is 5.69 Å². The summed E-state index contributed by atoms with van der Waals surface area (Å²) in [4.78, 5) is 12.4. The van der Waals surface area contributed by atoms with Gasteiger partial charge in [-0.15, -0.1) is 0 Å². The van der Waals surface area contributed by atoms with Crippen LogP contribution >= 0.6 is 11.6 Å². The zero-order chi connectivity index (χ0) is 17.3. The van der Waals surface area contributed by atoms with Crippen molar-refractivity contribution in [2.75, 3.05) is 5.32 Å². The molecule has 1 amide bonds. The summed E-state index contributed by atoms with van der Waals surface area (Å²) in [5.74, 6) is -0.152. The molecular formula is C19H18ClN3O. The number of nitrogens with one attached hydrogen (secondary N) is 1. The van der Waals surface area contributed by atoms with Crippen molar-refractivity contribution in [3.63, 3.8) is 0 Å². The zero-order valence-corrected chi connectivity index (χ0v) is 14.6. The Bertz CT molecular complexity index is 897. The van der Waals surface area contributed by atoms with Gasteiger partial charge in [0.05, 0.1) is 11.4 Å². The predicted octanol–water partition coefficient (Wildman–Crippen LogP) is 4.70. The van der Waals surface area contributed by atoms with Gasteiger partial charge in [0.15, 0.2) is 0 Å². The number of anilines is 1. The van der Waals surface area contributed by atoms with Gasteiger partial charge < -0.3 is 5.32 Å². The van der Waals surface area contributed by atoms with Crippen LogP contribution in [0.1, 0.15) is 27.3 Å². The number of benzene rings is 2. The normalized spacial score (nSPS) is 10.7. The Morgan fingerprint density at radius 1 is 1.04 bits per heavy atom. The first-order valence-corrected chi connectivity index (χ1v) is 8.03. The number of hydrogen-bond donors (Lipinski definition) is 1. The van der Waals surface area contributed by atoms with Gasteiger partial charge in [0, 0.05) is 22.0 Å². The van der Waals surface area contributed by atoms with Crippen molar-refractivity contribution in [3.8, 4) is 5.69 Å². The van der Waals surface area contributed by atoms with Gasteiger partial charge in [0.1, 0.15) is 0 Å². The van der Waals surface area contributed by atoms with Crippen LogP contribution in [0.2, 0.25) is 5.02 Å². The number of aryl methyl sites for hydroxylation is 3. The van der Waals surface area contributed by atoms with Gasteiger partial charge >= 0.3 is 0 Å². The topological polar surface area (TPSA) is 46.9 Å². The van der Waals surface area contributed by atoms with Crippen LogP contribution in [0.15, 0.2) is 48.5 Å². The van der Waals surface area contributed by atoms with Crippen molar-refractivity contribution >= 4 is 23.2 Å². The average Bonchev–Trinajstić information content (AvgIpc) is 2.88. The van der Waals surface area contributed by atoms with Gasteiger partial charge in [-0.3, -0.25) is 4.79 Å². The fraction of sp³-hybridized carbons (Fsp3) is 0.158. The molecule has 1 N–H and O–H groups in total. The lowest BCUT2D eigenvalue weighted by molar-refractivity contribution is 0.102. The number of carbonyl (C=O) groups is 1. The highest BCUT2D eigenvalue weighted by molar-refractivity contribution is 6.30. The van der Waals surface area contributed by atoms with Gasteiger partial charge in [-0.25, -0.2) is 4.68 Å². The van der Waals surface area contributed by atoms with Crippen LogP contribution in [-0.2, 0) is 0 Å². The molecule has 0 saturated carbocycles. The monoisotopic (exact) mass is 339 g/mol. The van der Waals surface area contributed by atoms with E-state index in [9.17, 15) is 4.79 Å². The second-order valence-electron chi connectivity index (χ2n) is 5.80. The molecule has 0 bridgehead atoms. The van der Waals surface area contributed by atoms with E-state index in [1.165, 1.54) is 0 Å². The van der Waals surface area contributed by atoms with Crippen molar-refractivity contribution in [1.82, 2.24) is 9.78 Å².